The van der Waals surface area contributed by atoms with Crippen LogP contribution in [-0.2, 0) is 9.59 Å². The average molecular weight is 350 g/mol. The Balaban J connectivity index is 1.68. The number of nitrogens with zero attached hydrogens (tertiary/aromatic N) is 2. The zero-order valence-corrected chi connectivity index (χ0v) is 15.3. The van der Waals surface area contributed by atoms with Crippen LogP contribution in [0.3, 0.4) is 0 Å². The number of hydrogen-bond acceptors (Lipinski definition) is 4. The molecule has 2 aliphatic rings. The summed E-state index contributed by atoms with van der Waals surface area (Å²) in [5, 5.41) is 4.93. The molecule has 2 aliphatic heterocycles. The van der Waals surface area contributed by atoms with E-state index in [1.165, 1.54) is 19.8 Å². The Morgan fingerprint density at radius 3 is 2.67 bits per heavy atom. The third kappa shape index (κ3) is 3.81. The lowest BCUT2D eigenvalue weighted by Crippen LogP contribution is -2.47. The Hall–Kier alpha value is -1.40. The fraction of sp³-hybridized carbons (Fsp3) is 0.667. The zero-order chi connectivity index (χ0) is 17.1. The van der Waals surface area contributed by atoms with Crippen LogP contribution in [-0.4, -0.2) is 53.8 Å². The van der Waals surface area contributed by atoms with E-state index >= 15 is 0 Å². The molecule has 3 unspecified atom stereocenters. The molecule has 3 rings (SSSR count). The topological polar surface area (TPSA) is 52.7 Å². The van der Waals surface area contributed by atoms with Gasteiger partial charge in [-0.2, -0.15) is 0 Å². The Morgan fingerprint density at radius 1 is 1.29 bits per heavy atom. The molecule has 2 amide bonds. The highest BCUT2D eigenvalue weighted by molar-refractivity contribution is 7.10. The quantitative estimate of drug-likeness (QED) is 0.888. The number of likely N-dealkylation sites (N-methyl/N-ethyl adjacent to an activating group) is 1. The summed E-state index contributed by atoms with van der Waals surface area (Å²) in [4.78, 5) is 30.0. The third-order valence-corrected chi connectivity index (χ3v) is 6.27. The second kappa shape index (κ2) is 7.66. The number of likely N-dealkylation sites (tertiary alicyclic amines) is 2. The fourth-order valence-corrected chi connectivity index (χ4v) is 4.95. The number of rotatable bonds is 5. The number of carbonyl (C=O) groups excluding carboxylic acids is 2. The monoisotopic (exact) mass is 349 g/mol. The molecule has 0 aromatic carbocycles. The maximum Gasteiger partial charge on any atom is 0.225 e. The van der Waals surface area contributed by atoms with E-state index in [1.54, 1.807) is 11.3 Å². The van der Waals surface area contributed by atoms with Gasteiger partial charge in [-0.3, -0.25) is 9.59 Å². The molecule has 0 saturated carbocycles. The highest BCUT2D eigenvalue weighted by Gasteiger charge is 2.38. The molecule has 1 aromatic heterocycles. The number of carbonyl (C=O) groups is 2. The van der Waals surface area contributed by atoms with Crippen LogP contribution in [0.15, 0.2) is 17.5 Å². The molecule has 2 fully saturated rings. The van der Waals surface area contributed by atoms with Crippen LogP contribution in [0.1, 0.15) is 49.9 Å². The van der Waals surface area contributed by atoms with Crippen molar-refractivity contribution in [2.45, 2.75) is 57.2 Å². The molecular formula is C18H27N3O2S. The van der Waals surface area contributed by atoms with Gasteiger partial charge in [-0.1, -0.05) is 6.07 Å². The van der Waals surface area contributed by atoms with Crippen LogP contribution < -0.4 is 5.32 Å². The van der Waals surface area contributed by atoms with Crippen LogP contribution in [0.25, 0.3) is 0 Å². The van der Waals surface area contributed by atoms with Crippen molar-refractivity contribution in [3.63, 3.8) is 0 Å². The van der Waals surface area contributed by atoms with Crippen molar-refractivity contribution >= 4 is 23.2 Å². The van der Waals surface area contributed by atoms with Crippen molar-refractivity contribution in [2.24, 2.45) is 0 Å². The van der Waals surface area contributed by atoms with E-state index < -0.39 is 0 Å². The van der Waals surface area contributed by atoms with E-state index in [2.05, 4.69) is 22.2 Å². The van der Waals surface area contributed by atoms with Crippen molar-refractivity contribution in [3.8, 4) is 0 Å². The van der Waals surface area contributed by atoms with Gasteiger partial charge in [-0.25, -0.2) is 0 Å². The summed E-state index contributed by atoms with van der Waals surface area (Å²) in [5.74, 6) is 0.0830. The number of nitrogens with one attached hydrogen (secondary N) is 1. The van der Waals surface area contributed by atoms with E-state index in [-0.39, 0.29) is 17.9 Å². The van der Waals surface area contributed by atoms with Crippen molar-refractivity contribution in [3.05, 3.63) is 22.4 Å². The minimum absolute atomic E-state index is 0.0882. The van der Waals surface area contributed by atoms with Crippen LogP contribution in [0.4, 0.5) is 0 Å². The average Bonchev–Trinajstić information content (AvgIpc) is 3.27. The van der Waals surface area contributed by atoms with Gasteiger partial charge in [0.15, 0.2) is 0 Å². The lowest BCUT2D eigenvalue weighted by molar-refractivity contribution is -0.133. The Morgan fingerprint density at radius 2 is 2.04 bits per heavy atom. The second-order valence-corrected chi connectivity index (χ2v) is 7.94. The molecule has 1 N–H and O–H groups in total. The normalized spacial score (nSPS) is 25.8. The predicted octanol–water partition coefficient (Wildman–Crippen LogP) is 2.40. The van der Waals surface area contributed by atoms with Gasteiger partial charge in [0.05, 0.1) is 12.5 Å². The second-order valence-electron chi connectivity index (χ2n) is 6.96. The largest absolute Gasteiger partial charge is 0.348 e. The molecule has 132 valence electrons. The van der Waals surface area contributed by atoms with Gasteiger partial charge in [-0.15, -0.1) is 11.3 Å². The summed E-state index contributed by atoms with van der Waals surface area (Å²) in [5.41, 5.74) is 0. The number of amides is 2. The summed E-state index contributed by atoms with van der Waals surface area (Å²) < 4.78 is 0. The van der Waals surface area contributed by atoms with E-state index in [9.17, 15) is 9.59 Å². The molecule has 0 bridgehead atoms. The van der Waals surface area contributed by atoms with E-state index in [1.807, 2.05) is 17.5 Å². The predicted molar refractivity (Wildman–Crippen MR) is 95.9 cm³/mol. The molecule has 0 aliphatic carbocycles. The first-order valence-electron chi connectivity index (χ1n) is 8.86. The SMILES string of the molecule is CC(=O)NC(CC(=O)N1CCCC1C1CCCN1C)c1cccs1. The zero-order valence-electron chi connectivity index (χ0n) is 14.5. The Labute approximate surface area is 148 Å². The maximum absolute atomic E-state index is 13.0. The van der Waals surface area contributed by atoms with Gasteiger partial charge >= 0.3 is 0 Å². The van der Waals surface area contributed by atoms with Crippen molar-refractivity contribution in [1.82, 2.24) is 15.1 Å². The van der Waals surface area contributed by atoms with Gasteiger partial charge in [0, 0.05) is 30.4 Å². The summed E-state index contributed by atoms with van der Waals surface area (Å²) in [6.45, 7) is 3.50. The lowest BCUT2D eigenvalue weighted by atomic mass is 10.0. The third-order valence-electron chi connectivity index (χ3n) is 5.28. The molecular weight excluding hydrogens is 322 g/mol. The van der Waals surface area contributed by atoms with Gasteiger partial charge in [0.1, 0.15) is 0 Å². The summed E-state index contributed by atoms with van der Waals surface area (Å²) in [6.07, 6.45) is 4.95. The maximum atomic E-state index is 13.0. The number of thiophene rings is 1. The summed E-state index contributed by atoms with van der Waals surface area (Å²) in [6, 6.07) is 4.58. The van der Waals surface area contributed by atoms with E-state index in [4.69, 9.17) is 0 Å². The molecule has 0 radical (unpaired) electrons. The van der Waals surface area contributed by atoms with E-state index in [0.717, 1.165) is 30.8 Å². The first kappa shape index (κ1) is 17.4. The van der Waals surface area contributed by atoms with Crippen LogP contribution in [0.2, 0.25) is 0 Å². The lowest BCUT2D eigenvalue weighted by Gasteiger charge is -2.34. The first-order chi connectivity index (χ1) is 11.6. The van der Waals surface area contributed by atoms with Crippen LogP contribution in [0, 0.1) is 0 Å². The summed E-state index contributed by atoms with van der Waals surface area (Å²) in [7, 11) is 2.17. The molecule has 6 heteroatoms. The molecule has 1 aromatic rings. The van der Waals surface area contributed by atoms with Gasteiger partial charge in [0.25, 0.3) is 0 Å². The Kier molecular flexibility index (Phi) is 5.56. The molecule has 0 spiro atoms. The molecule has 3 atom stereocenters. The van der Waals surface area contributed by atoms with Gasteiger partial charge in [-0.05, 0) is 50.7 Å². The van der Waals surface area contributed by atoms with Crippen LogP contribution >= 0.6 is 11.3 Å². The van der Waals surface area contributed by atoms with Crippen molar-refractivity contribution < 1.29 is 9.59 Å². The van der Waals surface area contributed by atoms with E-state index in [0.29, 0.717) is 18.5 Å². The highest BCUT2D eigenvalue weighted by Crippen LogP contribution is 2.31. The molecule has 3 heterocycles. The van der Waals surface area contributed by atoms with Crippen LogP contribution in [0.5, 0.6) is 0 Å². The standard InChI is InChI=1S/C18H27N3O2S/c1-13(22)19-14(17-8-5-11-24-17)12-18(23)21-10-4-7-16(21)15-6-3-9-20(15)2/h5,8,11,14-16H,3-4,6-7,9-10,12H2,1-2H3,(H,19,22). The first-order valence-corrected chi connectivity index (χ1v) is 9.74. The minimum atomic E-state index is -0.211. The molecule has 24 heavy (non-hydrogen) atoms. The minimum Gasteiger partial charge on any atom is -0.348 e. The van der Waals surface area contributed by atoms with Crippen molar-refractivity contribution in [1.29, 1.82) is 0 Å². The smallest absolute Gasteiger partial charge is 0.225 e. The van der Waals surface area contributed by atoms with Gasteiger partial charge < -0.3 is 15.1 Å². The van der Waals surface area contributed by atoms with Gasteiger partial charge in [0.2, 0.25) is 11.8 Å². The number of hydrogen-bond donors (Lipinski definition) is 1. The summed E-state index contributed by atoms with van der Waals surface area (Å²) >= 11 is 1.59. The Bertz CT molecular complexity index is 575. The molecule has 2 saturated heterocycles. The highest BCUT2D eigenvalue weighted by atomic mass is 32.1. The molecule has 5 nitrogen and oxygen atoms in total. The van der Waals surface area contributed by atoms with Crippen molar-refractivity contribution in [2.75, 3.05) is 20.1 Å². The fourth-order valence-electron chi connectivity index (χ4n) is 4.17.